The zero-order chi connectivity index (χ0) is 11.6. The van der Waals surface area contributed by atoms with Gasteiger partial charge in [-0.15, -0.1) is 23.2 Å². The highest BCUT2D eigenvalue weighted by molar-refractivity contribution is 6.18. The van der Waals surface area contributed by atoms with E-state index in [4.69, 9.17) is 23.2 Å². The molecule has 0 aromatic heterocycles. The summed E-state index contributed by atoms with van der Waals surface area (Å²) >= 11 is 12.0. The van der Waals surface area contributed by atoms with E-state index in [2.05, 4.69) is 27.7 Å². The Bertz CT molecular complexity index is 289. The average Bonchev–Trinajstić information content (AvgIpc) is 2.19. The molecule has 0 atom stereocenters. The van der Waals surface area contributed by atoms with Crippen LogP contribution in [0.4, 0.5) is 0 Å². The fourth-order valence-corrected chi connectivity index (χ4v) is 3.12. The van der Waals surface area contributed by atoms with Gasteiger partial charge in [0.1, 0.15) is 0 Å². The molecule has 1 rings (SSSR count). The predicted octanol–water partition coefficient (Wildman–Crippen LogP) is 4.65. The lowest BCUT2D eigenvalue weighted by molar-refractivity contribution is 1.02. The second-order valence-electron chi connectivity index (χ2n) is 3.93. The van der Waals surface area contributed by atoms with Gasteiger partial charge in [0.05, 0.1) is 0 Å². The van der Waals surface area contributed by atoms with E-state index < -0.39 is 0 Å². The molecule has 84 valence electrons. The maximum atomic E-state index is 6.00. The van der Waals surface area contributed by atoms with Crippen LogP contribution in [-0.4, -0.2) is 0 Å². The third kappa shape index (κ3) is 2.16. The van der Waals surface area contributed by atoms with Crippen LogP contribution in [0.2, 0.25) is 0 Å². The van der Waals surface area contributed by atoms with Crippen molar-refractivity contribution >= 4 is 23.2 Å². The smallest absolute Gasteiger partial charge is 0.0479 e. The second-order valence-corrected chi connectivity index (χ2v) is 4.47. The molecule has 1 aromatic rings. The molecule has 0 heterocycles. The first kappa shape index (κ1) is 12.9. The van der Waals surface area contributed by atoms with Crippen LogP contribution in [0.25, 0.3) is 0 Å². The molecule has 0 amide bonds. The maximum absolute atomic E-state index is 6.00. The lowest BCUT2D eigenvalue weighted by Crippen LogP contribution is -2.05. The van der Waals surface area contributed by atoms with Gasteiger partial charge in [0.15, 0.2) is 0 Å². The molecule has 0 unspecified atom stereocenters. The normalized spacial score (nSPS) is 10.8. The molecule has 0 radical (unpaired) electrons. The topological polar surface area (TPSA) is 0 Å². The van der Waals surface area contributed by atoms with Gasteiger partial charge in [-0.05, 0) is 60.6 Å². The summed E-state index contributed by atoms with van der Waals surface area (Å²) in [4.78, 5) is 0. The average molecular weight is 245 g/mol. The standard InChI is InChI=1S/C13H18Cl2/c1-5-11-8(2)12(6-14)10(4)13(7-15)9(11)3/h5-7H2,1-4H3. The van der Waals surface area contributed by atoms with Crippen LogP contribution >= 0.6 is 23.2 Å². The SMILES string of the molecule is CCc1c(C)c(CCl)c(C)c(CCl)c1C. The Kier molecular flexibility index (Phi) is 4.48. The van der Waals surface area contributed by atoms with Gasteiger partial charge < -0.3 is 0 Å². The summed E-state index contributed by atoms with van der Waals surface area (Å²) in [5.74, 6) is 1.16. The predicted molar refractivity (Wildman–Crippen MR) is 69.1 cm³/mol. The molecule has 0 aliphatic carbocycles. The minimum Gasteiger partial charge on any atom is -0.122 e. The summed E-state index contributed by atoms with van der Waals surface area (Å²) in [6, 6.07) is 0. The summed E-state index contributed by atoms with van der Waals surface area (Å²) < 4.78 is 0. The lowest BCUT2D eigenvalue weighted by atomic mass is 9.88. The van der Waals surface area contributed by atoms with Gasteiger partial charge >= 0.3 is 0 Å². The Morgan fingerprint density at radius 2 is 1.07 bits per heavy atom. The number of hydrogen-bond acceptors (Lipinski definition) is 0. The first-order valence-electron chi connectivity index (χ1n) is 5.30. The highest BCUT2D eigenvalue weighted by atomic mass is 35.5. The van der Waals surface area contributed by atoms with Gasteiger partial charge in [0.2, 0.25) is 0 Å². The zero-order valence-electron chi connectivity index (χ0n) is 9.88. The molecule has 0 saturated carbocycles. The third-order valence-electron chi connectivity index (χ3n) is 3.34. The molecule has 0 nitrogen and oxygen atoms in total. The molecule has 1 aromatic carbocycles. The van der Waals surface area contributed by atoms with Gasteiger partial charge in [0.25, 0.3) is 0 Å². The van der Waals surface area contributed by atoms with Gasteiger partial charge in [0, 0.05) is 11.8 Å². The van der Waals surface area contributed by atoms with Crippen LogP contribution in [-0.2, 0) is 18.2 Å². The van der Waals surface area contributed by atoms with Crippen molar-refractivity contribution in [3.05, 3.63) is 33.4 Å². The highest BCUT2D eigenvalue weighted by Gasteiger charge is 2.14. The Labute approximate surface area is 103 Å². The maximum Gasteiger partial charge on any atom is 0.0479 e. The second kappa shape index (κ2) is 5.23. The number of alkyl halides is 2. The van der Waals surface area contributed by atoms with E-state index in [1.54, 1.807) is 0 Å². The fourth-order valence-electron chi connectivity index (χ4n) is 2.32. The van der Waals surface area contributed by atoms with Crippen LogP contribution in [0.5, 0.6) is 0 Å². The molecule has 0 aliphatic rings. The molecule has 0 spiro atoms. The number of hydrogen-bond donors (Lipinski definition) is 0. The Hall–Kier alpha value is -0.200. The fraction of sp³-hybridized carbons (Fsp3) is 0.538. The Balaban J connectivity index is 3.57. The van der Waals surface area contributed by atoms with Gasteiger partial charge in [-0.25, -0.2) is 0 Å². The van der Waals surface area contributed by atoms with E-state index in [0.717, 1.165) is 6.42 Å². The largest absolute Gasteiger partial charge is 0.122 e. The van der Waals surface area contributed by atoms with Gasteiger partial charge in [-0.2, -0.15) is 0 Å². The van der Waals surface area contributed by atoms with Gasteiger partial charge in [-0.3, -0.25) is 0 Å². The molecule has 2 heteroatoms. The molecule has 0 N–H and O–H groups in total. The minimum absolute atomic E-state index is 0.578. The van der Waals surface area contributed by atoms with Crippen LogP contribution in [0.1, 0.15) is 40.3 Å². The first-order chi connectivity index (χ1) is 7.08. The van der Waals surface area contributed by atoms with Crippen LogP contribution in [0.15, 0.2) is 0 Å². The van der Waals surface area contributed by atoms with E-state index in [1.807, 2.05) is 0 Å². The number of rotatable bonds is 3. The Morgan fingerprint density at radius 3 is 1.33 bits per heavy atom. The van der Waals surface area contributed by atoms with Crippen molar-refractivity contribution in [3.63, 3.8) is 0 Å². The van der Waals surface area contributed by atoms with Crippen molar-refractivity contribution in [3.8, 4) is 0 Å². The van der Waals surface area contributed by atoms with Crippen LogP contribution in [0, 0.1) is 20.8 Å². The van der Waals surface area contributed by atoms with E-state index in [-0.39, 0.29) is 0 Å². The van der Waals surface area contributed by atoms with E-state index >= 15 is 0 Å². The van der Waals surface area contributed by atoms with Crippen molar-refractivity contribution < 1.29 is 0 Å². The van der Waals surface area contributed by atoms with Crippen LogP contribution in [0.3, 0.4) is 0 Å². The van der Waals surface area contributed by atoms with Crippen molar-refractivity contribution in [1.29, 1.82) is 0 Å². The Morgan fingerprint density at radius 1 is 0.733 bits per heavy atom. The monoisotopic (exact) mass is 244 g/mol. The van der Waals surface area contributed by atoms with Crippen molar-refractivity contribution in [2.45, 2.75) is 45.9 Å². The number of benzene rings is 1. The molecule has 15 heavy (non-hydrogen) atoms. The highest BCUT2D eigenvalue weighted by Crippen LogP contribution is 2.29. The van der Waals surface area contributed by atoms with Crippen LogP contribution < -0.4 is 0 Å². The summed E-state index contributed by atoms with van der Waals surface area (Å²) in [5.41, 5.74) is 7.89. The zero-order valence-corrected chi connectivity index (χ0v) is 11.4. The molecule has 0 aliphatic heterocycles. The molecular formula is C13H18Cl2. The first-order valence-corrected chi connectivity index (χ1v) is 6.37. The number of halogens is 2. The van der Waals surface area contributed by atoms with Crippen molar-refractivity contribution in [1.82, 2.24) is 0 Å². The molecular weight excluding hydrogens is 227 g/mol. The minimum atomic E-state index is 0.578. The van der Waals surface area contributed by atoms with Gasteiger partial charge in [-0.1, -0.05) is 6.92 Å². The summed E-state index contributed by atoms with van der Waals surface area (Å²) in [5, 5.41) is 0. The van der Waals surface area contributed by atoms with Crippen molar-refractivity contribution in [2.24, 2.45) is 0 Å². The van der Waals surface area contributed by atoms with E-state index in [9.17, 15) is 0 Å². The molecule has 0 fully saturated rings. The molecule has 0 bridgehead atoms. The van der Waals surface area contributed by atoms with Crippen molar-refractivity contribution in [2.75, 3.05) is 0 Å². The summed E-state index contributed by atoms with van der Waals surface area (Å²) in [7, 11) is 0. The summed E-state index contributed by atoms with van der Waals surface area (Å²) in [6.07, 6.45) is 1.05. The van der Waals surface area contributed by atoms with E-state index in [0.29, 0.717) is 11.8 Å². The molecule has 0 saturated heterocycles. The van der Waals surface area contributed by atoms with E-state index in [1.165, 1.54) is 33.4 Å². The lowest BCUT2D eigenvalue weighted by Gasteiger charge is -2.19. The quantitative estimate of drug-likeness (QED) is 0.680. The summed E-state index contributed by atoms with van der Waals surface area (Å²) in [6.45, 7) is 8.62. The third-order valence-corrected chi connectivity index (χ3v) is 3.87.